The predicted molar refractivity (Wildman–Crippen MR) is 90.9 cm³/mol. The molecule has 0 spiro atoms. The Kier molecular flexibility index (Phi) is 3.80. The highest BCUT2D eigenvalue weighted by molar-refractivity contribution is 9.25. The summed E-state index contributed by atoms with van der Waals surface area (Å²) in [5.74, 6) is 0.0486. The number of alkyl halides is 2. The molecular formula is C17H14Br2O2. The van der Waals surface area contributed by atoms with Gasteiger partial charge in [-0.2, -0.15) is 0 Å². The Morgan fingerprint density at radius 1 is 1.14 bits per heavy atom. The summed E-state index contributed by atoms with van der Waals surface area (Å²) in [6.45, 7) is 1.77. The minimum Gasteiger partial charge on any atom is -0.384 e. The fourth-order valence-corrected chi connectivity index (χ4v) is 2.96. The largest absolute Gasteiger partial charge is 0.384 e. The van der Waals surface area contributed by atoms with Crippen LogP contribution < -0.4 is 0 Å². The average Bonchev–Trinajstić information content (AvgIpc) is 2.72. The lowest BCUT2D eigenvalue weighted by molar-refractivity contribution is -0.118. The molecule has 1 N–H and O–H groups in total. The number of halogens is 2. The Labute approximate surface area is 140 Å². The van der Waals surface area contributed by atoms with Gasteiger partial charge in [0.05, 0.1) is 0 Å². The van der Waals surface area contributed by atoms with Gasteiger partial charge in [0, 0.05) is 6.42 Å². The number of hydrogen-bond donors (Lipinski definition) is 1. The molecule has 2 nitrogen and oxygen atoms in total. The molecule has 108 valence electrons. The summed E-state index contributed by atoms with van der Waals surface area (Å²) < 4.78 is -0.708. The highest BCUT2D eigenvalue weighted by Crippen LogP contribution is 2.43. The predicted octanol–water partition coefficient (Wildman–Crippen LogP) is 4.37. The van der Waals surface area contributed by atoms with Crippen molar-refractivity contribution in [2.45, 2.75) is 22.7 Å². The van der Waals surface area contributed by atoms with Gasteiger partial charge in [-0.1, -0.05) is 74.3 Å². The number of hydrogen-bond acceptors (Lipinski definition) is 2. The molecule has 1 aliphatic carbocycles. The highest BCUT2D eigenvalue weighted by Gasteiger charge is 2.29. The van der Waals surface area contributed by atoms with Crippen LogP contribution in [-0.2, 0) is 11.2 Å². The Balaban J connectivity index is 1.96. The van der Waals surface area contributed by atoms with Crippen LogP contribution in [0.2, 0.25) is 0 Å². The molecule has 4 heteroatoms. The molecule has 0 aliphatic heterocycles. The number of carbonyl (C=O) groups excluding carboxylic acids is 1. The molecule has 0 saturated carbocycles. The summed E-state index contributed by atoms with van der Waals surface area (Å²) in [5.41, 5.74) is 4.85. The summed E-state index contributed by atoms with van der Waals surface area (Å²) in [7, 11) is 0. The fourth-order valence-electron chi connectivity index (χ4n) is 2.68. The normalized spacial score (nSPS) is 16.5. The number of benzene rings is 2. The van der Waals surface area contributed by atoms with Gasteiger partial charge in [-0.25, -0.2) is 0 Å². The molecule has 2 aromatic carbocycles. The number of carbonyl (C=O) groups is 1. The van der Waals surface area contributed by atoms with Crippen LogP contribution in [0.5, 0.6) is 0 Å². The van der Waals surface area contributed by atoms with Gasteiger partial charge in [-0.05, 0) is 34.7 Å². The van der Waals surface area contributed by atoms with Gasteiger partial charge in [0.15, 0.2) is 5.78 Å². The molecule has 0 aromatic heterocycles. The molecule has 2 aromatic rings. The number of Topliss-reactive ketones (excluding diaryl/α,β-unsaturated/α-hetero) is 1. The van der Waals surface area contributed by atoms with Gasteiger partial charge in [0.1, 0.15) is 9.34 Å². The third-order valence-corrected chi connectivity index (χ3v) is 4.69. The second-order valence-corrected chi connectivity index (χ2v) is 9.64. The standard InChI is InChI=1S/C17H14Br2O2/c1-17(18,19)15(20)9-10-6-7-12-11-4-2-3-5-13(11)16(21)14(12)8-10/h2-8,16,21H,9H2,1H3. The van der Waals surface area contributed by atoms with Crippen molar-refractivity contribution < 1.29 is 9.90 Å². The molecule has 1 aliphatic rings. The molecule has 0 saturated heterocycles. The van der Waals surface area contributed by atoms with Crippen LogP contribution in [0.1, 0.15) is 29.7 Å². The first-order valence-corrected chi connectivity index (χ1v) is 8.28. The van der Waals surface area contributed by atoms with Crippen molar-refractivity contribution in [3.05, 3.63) is 59.2 Å². The summed E-state index contributed by atoms with van der Waals surface area (Å²) in [6, 6.07) is 13.7. The van der Waals surface area contributed by atoms with E-state index >= 15 is 0 Å². The average molecular weight is 410 g/mol. The quantitative estimate of drug-likeness (QED) is 0.764. The maximum atomic E-state index is 12.1. The second-order valence-electron chi connectivity index (χ2n) is 5.40. The summed E-state index contributed by atoms with van der Waals surface area (Å²) >= 11 is 6.63. The lowest BCUT2D eigenvalue weighted by Gasteiger charge is -2.13. The van der Waals surface area contributed by atoms with E-state index in [9.17, 15) is 9.90 Å². The minimum atomic E-state index is -0.708. The number of aliphatic hydroxyl groups is 1. The third-order valence-electron chi connectivity index (χ3n) is 3.81. The van der Waals surface area contributed by atoms with Crippen molar-refractivity contribution >= 4 is 37.6 Å². The Morgan fingerprint density at radius 2 is 1.81 bits per heavy atom. The van der Waals surface area contributed by atoms with E-state index in [0.717, 1.165) is 27.8 Å². The van der Waals surface area contributed by atoms with Crippen molar-refractivity contribution in [2.24, 2.45) is 0 Å². The van der Waals surface area contributed by atoms with Crippen molar-refractivity contribution in [2.75, 3.05) is 0 Å². The minimum absolute atomic E-state index is 0.0486. The van der Waals surface area contributed by atoms with E-state index < -0.39 is 9.34 Å². The smallest absolute Gasteiger partial charge is 0.164 e. The first kappa shape index (κ1) is 14.9. The maximum absolute atomic E-state index is 12.1. The first-order valence-electron chi connectivity index (χ1n) is 6.69. The highest BCUT2D eigenvalue weighted by atomic mass is 79.9. The van der Waals surface area contributed by atoms with Gasteiger partial charge in [0.2, 0.25) is 0 Å². The van der Waals surface area contributed by atoms with Crippen LogP contribution >= 0.6 is 31.9 Å². The van der Waals surface area contributed by atoms with Crippen molar-refractivity contribution in [1.29, 1.82) is 0 Å². The van der Waals surface area contributed by atoms with Crippen molar-refractivity contribution in [3.8, 4) is 11.1 Å². The van der Waals surface area contributed by atoms with Gasteiger partial charge < -0.3 is 5.11 Å². The zero-order chi connectivity index (χ0) is 15.2. The summed E-state index contributed by atoms with van der Waals surface area (Å²) in [5, 5.41) is 10.4. The first-order chi connectivity index (χ1) is 9.88. The maximum Gasteiger partial charge on any atom is 0.164 e. The summed E-state index contributed by atoms with van der Waals surface area (Å²) in [6.07, 6.45) is -0.283. The van der Waals surface area contributed by atoms with E-state index in [1.165, 1.54) is 0 Å². The van der Waals surface area contributed by atoms with Gasteiger partial charge in [-0.15, -0.1) is 0 Å². The number of ketones is 1. The fraction of sp³-hybridized carbons (Fsp3) is 0.235. The molecule has 0 heterocycles. The number of rotatable bonds is 3. The van der Waals surface area contributed by atoms with Crippen LogP contribution in [0.15, 0.2) is 42.5 Å². The van der Waals surface area contributed by atoms with E-state index in [0.29, 0.717) is 6.42 Å². The van der Waals surface area contributed by atoms with Crippen LogP contribution in [0.4, 0.5) is 0 Å². The summed E-state index contributed by atoms with van der Waals surface area (Å²) in [4.78, 5) is 12.1. The molecule has 0 bridgehead atoms. The monoisotopic (exact) mass is 408 g/mol. The number of aliphatic hydroxyl groups excluding tert-OH is 1. The molecule has 1 atom stereocenters. The third kappa shape index (κ3) is 2.72. The molecule has 1 unspecified atom stereocenters. The molecular weight excluding hydrogens is 396 g/mol. The zero-order valence-corrected chi connectivity index (χ0v) is 14.6. The second kappa shape index (κ2) is 5.34. The van der Waals surface area contributed by atoms with Crippen LogP contribution in [-0.4, -0.2) is 14.1 Å². The van der Waals surface area contributed by atoms with Crippen LogP contribution in [0.25, 0.3) is 11.1 Å². The SMILES string of the molecule is CC(Br)(Br)C(=O)Cc1ccc2c(c1)C(O)c1ccccc1-2. The molecule has 21 heavy (non-hydrogen) atoms. The lowest BCUT2D eigenvalue weighted by atomic mass is 10.00. The Bertz CT molecular complexity index is 717. The van der Waals surface area contributed by atoms with Crippen molar-refractivity contribution in [3.63, 3.8) is 0 Å². The van der Waals surface area contributed by atoms with Crippen LogP contribution in [0.3, 0.4) is 0 Å². The van der Waals surface area contributed by atoms with E-state index in [1.54, 1.807) is 6.92 Å². The zero-order valence-electron chi connectivity index (χ0n) is 11.4. The lowest BCUT2D eigenvalue weighted by Crippen LogP contribution is -2.22. The molecule has 3 rings (SSSR count). The molecule has 0 radical (unpaired) electrons. The Hall–Kier alpha value is -0.970. The topological polar surface area (TPSA) is 37.3 Å². The Morgan fingerprint density at radius 3 is 2.52 bits per heavy atom. The van der Waals surface area contributed by atoms with E-state index in [4.69, 9.17) is 0 Å². The van der Waals surface area contributed by atoms with Crippen LogP contribution in [0, 0.1) is 0 Å². The number of fused-ring (bicyclic) bond motifs is 3. The van der Waals surface area contributed by atoms with Gasteiger partial charge in [-0.3, -0.25) is 4.79 Å². The van der Waals surface area contributed by atoms with E-state index in [2.05, 4.69) is 31.9 Å². The van der Waals surface area contributed by atoms with Gasteiger partial charge in [0.25, 0.3) is 0 Å². The van der Waals surface area contributed by atoms with Gasteiger partial charge >= 0.3 is 0 Å². The molecule has 0 fully saturated rings. The van der Waals surface area contributed by atoms with Crippen molar-refractivity contribution in [1.82, 2.24) is 0 Å². The van der Waals surface area contributed by atoms with E-state index in [1.807, 2.05) is 42.5 Å². The van der Waals surface area contributed by atoms with E-state index in [-0.39, 0.29) is 5.78 Å². The molecule has 0 amide bonds.